The highest BCUT2D eigenvalue weighted by atomic mass is 16.6. The molecular weight excluding hydrogens is 372 g/mol. The number of ether oxygens (including phenoxy) is 1. The minimum absolute atomic E-state index is 0.0353. The molecule has 160 valence electrons. The molecule has 1 aromatic carbocycles. The van der Waals surface area contributed by atoms with Crippen LogP contribution in [-0.2, 0) is 14.3 Å². The lowest BCUT2D eigenvalue weighted by Crippen LogP contribution is -2.34. The molecule has 1 saturated carbocycles. The molecule has 2 amide bonds. The molecule has 2 rings (SSSR count). The van der Waals surface area contributed by atoms with Crippen molar-refractivity contribution in [3.05, 3.63) is 29.8 Å². The molecule has 1 aliphatic carbocycles. The van der Waals surface area contributed by atoms with E-state index >= 15 is 0 Å². The van der Waals surface area contributed by atoms with Gasteiger partial charge in [-0.1, -0.05) is 25.0 Å². The summed E-state index contributed by atoms with van der Waals surface area (Å²) in [5.74, 6) is -0.533. The van der Waals surface area contributed by atoms with Crippen molar-refractivity contribution in [3.63, 3.8) is 0 Å². The van der Waals surface area contributed by atoms with E-state index in [1.165, 1.54) is 0 Å². The minimum Gasteiger partial charge on any atom is -0.481 e. The van der Waals surface area contributed by atoms with Crippen molar-refractivity contribution in [1.29, 1.82) is 0 Å². The van der Waals surface area contributed by atoms with Crippen LogP contribution in [-0.4, -0.2) is 34.7 Å². The van der Waals surface area contributed by atoms with Crippen LogP contribution in [0.3, 0.4) is 0 Å². The Bertz CT molecular complexity index is 709. The van der Waals surface area contributed by atoms with Gasteiger partial charge in [-0.25, -0.2) is 4.79 Å². The van der Waals surface area contributed by atoms with E-state index in [0.29, 0.717) is 12.8 Å². The van der Waals surface area contributed by atoms with Crippen molar-refractivity contribution in [2.45, 2.75) is 83.3 Å². The minimum atomic E-state index is -0.774. The van der Waals surface area contributed by atoms with E-state index in [9.17, 15) is 14.4 Å². The number of nitrogens with one attached hydrogen (secondary N) is 2. The van der Waals surface area contributed by atoms with E-state index in [1.54, 1.807) is 0 Å². The topological polar surface area (TPSA) is 105 Å². The highest BCUT2D eigenvalue weighted by Gasteiger charge is 2.40. The van der Waals surface area contributed by atoms with E-state index in [2.05, 4.69) is 10.6 Å². The normalized spacial score (nSPS) is 18.0. The number of carboxylic acids is 1. The summed E-state index contributed by atoms with van der Waals surface area (Å²) in [6.07, 6.45) is 4.20. The fourth-order valence-electron chi connectivity index (χ4n) is 3.13. The maximum atomic E-state index is 12.0. The third-order valence-corrected chi connectivity index (χ3v) is 4.66. The fourth-order valence-corrected chi connectivity index (χ4v) is 3.13. The maximum Gasteiger partial charge on any atom is 0.407 e. The van der Waals surface area contributed by atoms with Gasteiger partial charge in [-0.05, 0) is 57.7 Å². The SMILES string of the molecule is CC(C)(C)OC(=O)N[C@@H]1C[C@H]1c1ccc(NC(=O)CCCCCCC(=O)O)cc1. The Morgan fingerprint density at radius 1 is 1.03 bits per heavy atom. The van der Waals surface area contributed by atoms with Gasteiger partial charge in [0.25, 0.3) is 0 Å². The van der Waals surface area contributed by atoms with E-state index in [4.69, 9.17) is 9.84 Å². The van der Waals surface area contributed by atoms with Crippen LogP contribution in [0.4, 0.5) is 10.5 Å². The molecule has 1 aromatic rings. The number of amides is 2. The van der Waals surface area contributed by atoms with Crippen LogP contribution in [0.2, 0.25) is 0 Å². The first-order valence-electron chi connectivity index (χ1n) is 10.2. The van der Waals surface area contributed by atoms with Crippen molar-refractivity contribution in [3.8, 4) is 0 Å². The van der Waals surface area contributed by atoms with Crippen LogP contribution >= 0.6 is 0 Å². The zero-order valence-corrected chi connectivity index (χ0v) is 17.5. The number of unbranched alkanes of at least 4 members (excludes halogenated alkanes) is 3. The number of anilines is 1. The predicted octanol–water partition coefficient (Wildman–Crippen LogP) is 4.43. The van der Waals surface area contributed by atoms with Crippen molar-refractivity contribution in [2.24, 2.45) is 0 Å². The molecule has 29 heavy (non-hydrogen) atoms. The van der Waals surface area contributed by atoms with Crippen molar-refractivity contribution >= 4 is 23.7 Å². The second kappa shape index (κ2) is 10.3. The molecular formula is C22H32N2O5. The van der Waals surface area contributed by atoms with Gasteiger partial charge < -0.3 is 20.5 Å². The largest absolute Gasteiger partial charge is 0.481 e. The molecule has 7 heteroatoms. The highest BCUT2D eigenvalue weighted by Crippen LogP contribution is 2.41. The molecule has 1 aliphatic rings. The Balaban J connectivity index is 1.67. The van der Waals surface area contributed by atoms with Gasteiger partial charge in [0.2, 0.25) is 5.91 Å². The summed E-state index contributed by atoms with van der Waals surface area (Å²) in [7, 11) is 0. The van der Waals surface area contributed by atoms with Gasteiger partial charge in [-0.3, -0.25) is 9.59 Å². The first-order valence-corrected chi connectivity index (χ1v) is 10.2. The van der Waals surface area contributed by atoms with Crippen molar-refractivity contribution in [1.82, 2.24) is 5.32 Å². The number of alkyl carbamates (subject to hydrolysis) is 1. The lowest BCUT2D eigenvalue weighted by molar-refractivity contribution is -0.137. The summed E-state index contributed by atoms with van der Waals surface area (Å²) < 4.78 is 5.28. The van der Waals surface area contributed by atoms with Gasteiger partial charge in [0.1, 0.15) is 5.60 Å². The number of aliphatic carboxylic acids is 1. The highest BCUT2D eigenvalue weighted by molar-refractivity contribution is 5.90. The number of carbonyl (C=O) groups excluding carboxylic acids is 2. The third kappa shape index (κ3) is 8.98. The second-order valence-electron chi connectivity index (χ2n) is 8.57. The summed E-state index contributed by atoms with van der Waals surface area (Å²) in [6.45, 7) is 5.51. The Kier molecular flexibility index (Phi) is 8.05. The summed E-state index contributed by atoms with van der Waals surface area (Å²) >= 11 is 0. The average Bonchev–Trinajstić information content (AvgIpc) is 3.35. The molecule has 0 saturated heterocycles. The maximum absolute atomic E-state index is 12.0. The molecule has 0 aliphatic heterocycles. The summed E-state index contributed by atoms with van der Waals surface area (Å²) in [4.78, 5) is 34.3. The van der Waals surface area contributed by atoms with Crippen LogP contribution in [0.5, 0.6) is 0 Å². The van der Waals surface area contributed by atoms with Crippen molar-refractivity contribution in [2.75, 3.05) is 5.32 Å². The number of benzene rings is 1. The zero-order valence-electron chi connectivity index (χ0n) is 17.5. The van der Waals surface area contributed by atoms with Crippen LogP contribution in [0.15, 0.2) is 24.3 Å². The molecule has 3 N–H and O–H groups in total. The number of carboxylic acid groups (broad SMARTS) is 1. The zero-order chi connectivity index (χ0) is 21.4. The number of hydrogen-bond acceptors (Lipinski definition) is 4. The molecule has 7 nitrogen and oxygen atoms in total. The molecule has 0 bridgehead atoms. The van der Waals surface area contributed by atoms with Gasteiger partial charge in [0.15, 0.2) is 0 Å². The Morgan fingerprint density at radius 3 is 2.24 bits per heavy atom. The van der Waals surface area contributed by atoms with Gasteiger partial charge in [0.05, 0.1) is 0 Å². The number of carbonyl (C=O) groups is 3. The molecule has 2 atom stereocenters. The summed E-state index contributed by atoms with van der Waals surface area (Å²) in [6, 6.07) is 7.80. The number of hydrogen-bond donors (Lipinski definition) is 3. The van der Waals surface area contributed by atoms with Gasteiger partial charge in [-0.2, -0.15) is 0 Å². The van der Waals surface area contributed by atoms with Gasteiger partial charge in [-0.15, -0.1) is 0 Å². The quantitative estimate of drug-likeness (QED) is 0.500. The monoisotopic (exact) mass is 404 g/mol. The van der Waals surface area contributed by atoms with Gasteiger partial charge in [0, 0.05) is 30.5 Å². The van der Waals surface area contributed by atoms with Crippen LogP contribution in [0, 0.1) is 0 Å². The molecule has 0 spiro atoms. The Labute approximate surface area is 172 Å². The first kappa shape index (κ1) is 22.7. The third-order valence-electron chi connectivity index (χ3n) is 4.66. The first-order chi connectivity index (χ1) is 13.6. The predicted molar refractivity (Wildman–Crippen MR) is 111 cm³/mol. The Hall–Kier alpha value is -2.57. The standard InChI is InChI=1S/C22H32N2O5/c1-22(2,3)29-21(28)24-18-14-17(18)15-10-12-16(13-11-15)23-19(25)8-6-4-5-7-9-20(26)27/h10-13,17-18H,4-9,14H2,1-3H3,(H,23,25)(H,24,28)(H,26,27)/t17-,18+/m0/s1. The van der Waals surface area contributed by atoms with Crippen LogP contribution < -0.4 is 10.6 Å². The van der Waals surface area contributed by atoms with E-state index in [0.717, 1.165) is 36.9 Å². The van der Waals surface area contributed by atoms with E-state index in [-0.39, 0.29) is 24.3 Å². The number of rotatable bonds is 10. The molecule has 0 aromatic heterocycles. The molecule has 0 unspecified atom stereocenters. The van der Waals surface area contributed by atoms with Gasteiger partial charge >= 0.3 is 12.1 Å². The molecule has 1 fully saturated rings. The van der Waals surface area contributed by atoms with Crippen LogP contribution in [0.1, 0.15) is 77.2 Å². The summed E-state index contributed by atoms with van der Waals surface area (Å²) in [5.41, 5.74) is 1.37. The van der Waals surface area contributed by atoms with E-state index in [1.807, 2.05) is 45.0 Å². The van der Waals surface area contributed by atoms with Crippen LogP contribution in [0.25, 0.3) is 0 Å². The molecule has 0 heterocycles. The lowest BCUT2D eigenvalue weighted by Gasteiger charge is -2.19. The average molecular weight is 405 g/mol. The molecule has 0 radical (unpaired) electrons. The summed E-state index contributed by atoms with van der Waals surface area (Å²) in [5, 5.41) is 14.4. The Morgan fingerprint density at radius 2 is 1.66 bits per heavy atom. The van der Waals surface area contributed by atoms with Crippen molar-refractivity contribution < 1.29 is 24.2 Å². The smallest absolute Gasteiger partial charge is 0.407 e. The lowest BCUT2D eigenvalue weighted by atomic mass is 10.1. The fraction of sp³-hybridized carbons (Fsp3) is 0.591. The second-order valence-corrected chi connectivity index (χ2v) is 8.57. The van der Waals surface area contributed by atoms with E-state index < -0.39 is 17.7 Å².